The standard InChI is InChI=1S/C6H5Cl.5FH/c7-6-4-2-1-3-5-6;;;;;/h1-5H;5*1H. The van der Waals surface area contributed by atoms with E-state index in [1.165, 1.54) is 0 Å². The topological polar surface area (TPSA) is 0 Å². The number of hydrogen-bond acceptors (Lipinski definition) is 0. The molecule has 0 aliphatic heterocycles. The van der Waals surface area contributed by atoms with Crippen molar-refractivity contribution in [2.24, 2.45) is 0 Å². The maximum Gasteiger partial charge on any atom is 0.0405 e. The Morgan fingerprint density at radius 2 is 1.00 bits per heavy atom. The van der Waals surface area contributed by atoms with Crippen LogP contribution in [0, 0.1) is 0 Å². The average molecular weight is 213 g/mol. The van der Waals surface area contributed by atoms with E-state index in [-0.39, 0.29) is 23.5 Å². The SMILES string of the molecule is Clc1ccccc1.F.F.F.F.F. The molecule has 0 atom stereocenters. The zero-order valence-electron chi connectivity index (χ0n) is 5.81. The van der Waals surface area contributed by atoms with Crippen molar-refractivity contribution in [3.05, 3.63) is 35.4 Å². The summed E-state index contributed by atoms with van der Waals surface area (Å²) in [6.07, 6.45) is 0. The molecule has 12 heavy (non-hydrogen) atoms. The molecule has 0 unspecified atom stereocenters. The molecule has 0 heterocycles. The van der Waals surface area contributed by atoms with Gasteiger partial charge in [0.25, 0.3) is 0 Å². The van der Waals surface area contributed by atoms with E-state index in [4.69, 9.17) is 11.6 Å². The van der Waals surface area contributed by atoms with Crippen molar-refractivity contribution in [1.29, 1.82) is 0 Å². The van der Waals surface area contributed by atoms with Gasteiger partial charge in [-0.15, -0.1) is 0 Å². The summed E-state index contributed by atoms with van der Waals surface area (Å²) in [5.74, 6) is 0. The molecule has 0 saturated heterocycles. The highest BCUT2D eigenvalue weighted by atomic mass is 35.5. The van der Waals surface area contributed by atoms with E-state index < -0.39 is 0 Å². The zero-order valence-corrected chi connectivity index (χ0v) is 6.56. The molecule has 76 valence electrons. The van der Waals surface area contributed by atoms with Crippen LogP contribution in [0.2, 0.25) is 5.02 Å². The number of benzene rings is 1. The smallest absolute Gasteiger partial charge is 0.0405 e. The molecular formula is C6H10ClF5. The van der Waals surface area contributed by atoms with Crippen molar-refractivity contribution in [3.8, 4) is 0 Å². The fourth-order valence-corrected chi connectivity index (χ4v) is 0.560. The molecule has 1 rings (SSSR count). The van der Waals surface area contributed by atoms with E-state index in [0.717, 1.165) is 5.02 Å². The van der Waals surface area contributed by atoms with Gasteiger partial charge in [-0.05, 0) is 12.1 Å². The van der Waals surface area contributed by atoms with Gasteiger partial charge in [0.05, 0.1) is 0 Å². The van der Waals surface area contributed by atoms with Crippen LogP contribution in [-0.2, 0) is 0 Å². The largest absolute Gasteiger partial charge is 0.269 e. The molecule has 0 spiro atoms. The monoisotopic (exact) mass is 212 g/mol. The van der Waals surface area contributed by atoms with Crippen LogP contribution in [-0.4, -0.2) is 0 Å². The van der Waals surface area contributed by atoms with Crippen LogP contribution in [0.15, 0.2) is 30.3 Å². The first kappa shape index (κ1) is 30.4. The van der Waals surface area contributed by atoms with E-state index >= 15 is 0 Å². The molecule has 0 aliphatic carbocycles. The molecule has 0 fully saturated rings. The Bertz CT molecular complexity index is 146. The summed E-state index contributed by atoms with van der Waals surface area (Å²) < 4.78 is 0. The lowest BCUT2D eigenvalue weighted by Gasteiger charge is -1.80. The summed E-state index contributed by atoms with van der Waals surface area (Å²) in [5, 5.41) is 0.794. The van der Waals surface area contributed by atoms with Gasteiger partial charge in [-0.25, -0.2) is 0 Å². The van der Waals surface area contributed by atoms with Crippen molar-refractivity contribution in [2.75, 3.05) is 0 Å². The second kappa shape index (κ2) is 16.6. The molecule has 0 aliphatic rings. The van der Waals surface area contributed by atoms with Gasteiger partial charge in [0.15, 0.2) is 0 Å². The molecule has 0 radical (unpaired) electrons. The van der Waals surface area contributed by atoms with Gasteiger partial charge in [-0.3, -0.25) is 23.5 Å². The number of hydrogen-bond donors (Lipinski definition) is 0. The second-order valence-electron chi connectivity index (χ2n) is 1.30. The maximum atomic E-state index is 5.54. The molecule has 0 saturated carbocycles. The Morgan fingerprint density at radius 3 is 1.17 bits per heavy atom. The Hall–Kier alpha value is -0.840. The Balaban J connectivity index is -0.0000000327. The van der Waals surface area contributed by atoms with E-state index in [1.54, 1.807) is 0 Å². The zero-order chi connectivity index (χ0) is 5.11. The third-order valence-electron chi connectivity index (χ3n) is 0.733. The summed E-state index contributed by atoms with van der Waals surface area (Å²) in [5.41, 5.74) is 0. The quantitative estimate of drug-likeness (QED) is 0.580. The predicted molar refractivity (Wildman–Crippen MR) is 44.0 cm³/mol. The highest BCUT2D eigenvalue weighted by Crippen LogP contribution is 2.03. The van der Waals surface area contributed by atoms with Crippen LogP contribution in [0.4, 0.5) is 23.5 Å². The Morgan fingerprint density at radius 1 is 0.667 bits per heavy atom. The third-order valence-corrected chi connectivity index (χ3v) is 0.985. The first-order valence-electron chi connectivity index (χ1n) is 2.10. The summed E-state index contributed by atoms with van der Waals surface area (Å²) in [6.45, 7) is 0. The van der Waals surface area contributed by atoms with Crippen molar-refractivity contribution >= 4 is 11.6 Å². The van der Waals surface area contributed by atoms with E-state index in [0.29, 0.717) is 0 Å². The Labute approximate surface area is 71.4 Å². The summed E-state index contributed by atoms with van der Waals surface area (Å²) in [7, 11) is 0. The molecule has 0 aromatic heterocycles. The van der Waals surface area contributed by atoms with Crippen LogP contribution >= 0.6 is 11.6 Å². The van der Waals surface area contributed by atoms with Gasteiger partial charge in [-0.1, -0.05) is 29.8 Å². The van der Waals surface area contributed by atoms with Gasteiger partial charge < -0.3 is 0 Å². The van der Waals surface area contributed by atoms with Crippen LogP contribution in [0.1, 0.15) is 0 Å². The second-order valence-corrected chi connectivity index (χ2v) is 1.73. The van der Waals surface area contributed by atoms with Crippen molar-refractivity contribution < 1.29 is 23.5 Å². The minimum absolute atomic E-state index is 0. The number of halogens is 6. The van der Waals surface area contributed by atoms with Gasteiger partial charge >= 0.3 is 0 Å². The van der Waals surface area contributed by atoms with Crippen molar-refractivity contribution in [1.82, 2.24) is 0 Å². The van der Waals surface area contributed by atoms with E-state index in [2.05, 4.69) is 0 Å². The lowest BCUT2D eigenvalue weighted by atomic mass is 10.4. The van der Waals surface area contributed by atoms with Gasteiger partial charge in [0, 0.05) is 5.02 Å². The van der Waals surface area contributed by atoms with Crippen LogP contribution in [0.5, 0.6) is 0 Å². The number of rotatable bonds is 0. The molecule has 0 bridgehead atoms. The molecule has 0 nitrogen and oxygen atoms in total. The molecule has 1 aromatic rings. The summed E-state index contributed by atoms with van der Waals surface area (Å²) >= 11 is 5.54. The minimum atomic E-state index is 0. The lowest BCUT2D eigenvalue weighted by molar-refractivity contribution is 1.11. The van der Waals surface area contributed by atoms with Gasteiger partial charge in [0.2, 0.25) is 0 Å². The average Bonchev–Trinajstić information content (AvgIpc) is 1.69. The van der Waals surface area contributed by atoms with Crippen molar-refractivity contribution in [2.45, 2.75) is 0 Å². The van der Waals surface area contributed by atoms with Crippen LogP contribution < -0.4 is 0 Å². The Kier molecular flexibility index (Phi) is 42.1. The first-order valence-corrected chi connectivity index (χ1v) is 2.48. The molecular weight excluding hydrogens is 203 g/mol. The first-order chi connectivity index (χ1) is 3.39. The third kappa shape index (κ3) is 11.9. The highest BCUT2D eigenvalue weighted by molar-refractivity contribution is 6.30. The van der Waals surface area contributed by atoms with Crippen molar-refractivity contribution in [3.63, 3.8) is 0 Å². The summed E-state index contributed by atoms with van der Waals surface area (Å²) in [6, 6.07) is 9.44. The minimum Gasteiger partial charge on any atom is -0.269 e. The van der Waals surface area contributed by atoms with Gasteiger partial charge in [0.1, 0.15) is 0 Å². The van der Waals surface area contributed by atoms with E-state index in [9.17, 15) is 0 Å². The molecule has 0 amide bonds. The van der Waals surface area contributed by atoms with Gasteiger partial charge in [-0.2, -0.15) is 0 Å². The normalized spacial score (nSPS) is 5.08. The molecule has 1 aromatic carbocycles. The van der Waals surface area contributed by atoms with Crippen LogP contribution in [0.3, 0.4) is 0 Å². The lowest BCUT2D eigenvalue weighted by Crippen LogP contribution is -1.55. The molecule has 0 N–H and O–H groups in total. The maximum absolute atomic E-state index is 5.54. The fraction of sp³-hybridized carbons (Fsp3) is 0. The van der Waals surface area contributed by atoms with E-state index in [1.807, 2.05) is 30.3 Å². The summed E-state index contributed by atoms with van der Waals surface area (Å²) in [4.78, 5) is 0. The van der Waals surface area contributed by atoms with Crippen LogP contribution in [0.25, 0.3) is 0 Å². The fourth-order valence-electron chi connectivity index (χ4n) is 0.415. The predicted octanol–water partition coefficient (Wildman–Crippen LogP) is 3.10. The highest BCUT2D eigenvalue weighted by Gasteiger charge is 1.74. The molecule has 6 heteroatoms.